The Balaban J connectivity index is 1.72. The average Bonchev–Trinajstić information content (AvgIpc) is 3.23. The Morgan fingerprint density at radius 2 is 2.33 bits per heavy atom. The van der Waals surface area contributed by atoms with Crippen molar-refractivity contribution in [3.63, 3.8) is 0 Å². The van der Waals surface area contributed by atoms with E-state index in [1.165, 1.54) is 0 Å². The van der Waals surface area contributed by atoms with Crippen LogP contribution in [0.15, 0.2) is 12.4 Å². The number of aromatic nitrogens is 2. The molecule has 0 unspecified atom stereocenters. The van der Waals surface area contributed by atoms with E-state index < -0.39 is 0 Å². The van der Waals surface area contributed by atoms with Crippen LogP contribution < -0.4 is 5.32 Å². The molecule has 0 radical (unpaired) electrons. The van der Waals surface area contributed by atoms with Gasteiger partial charge in [-0.1, -0.05) is 0 Å². The average molecular weight is 336 g/mol. The summed E-state index contributed by atoms with van der Waals surface area (Å²) in [5.74, 6) is 0.440. The summed E-state index contributed by atoms with van der Waals surface area (Å²) >= 11 is 0. The highest BCUT2D eigenvalue weighted by Crippen LogP contribution is 2.37. The zero-order chi connectivity index (χ0) is 17.1. The molecule has 2 fully saturated rings. The van der Waals surface area contributed by atoms with E-state index in [1.807, 2.05) is 24.3 Å². The number of ether oxygens (including phenoxy) is 2. The molecule has 0 saturated carbocycles. The van der Waals surface area contributed by atoms with Gasteiger partial charge in [0.25, 0.3) is 0 Å². The van der Waals surface area contributed by atoms with Crippen LogP contribution in [0.25, 0.3) is 0 Å². The zero-order valence-corrected chi connectivity index (χ0v) is 14.8. The predicted octanol–water partition coefficient (Wildman–Crippen LogP) is 0.723. The maximum atomic E-state index is 12.5. The van der Waals surface area contributed by atoms with Crippen LogP contribution in [-0.4, -0.2) is 66.1 Å². The molecule has 1 aromatic rings. The minimum atomic E-state index is 0.0616. The number of carbonyl (C=O) groups is 1. The summed E-state index contributed by atoms with van der Waals surface area (Å²) in [5.41, 5.74) is 1.10. The lowest BCUT2D eigenvalue weighted by molar-refractivity contribution is -0.129. The van der Waals surface area contributed by atoms with Crippen molar-refractivity contribution >= 4 is 5.91 Å². The van der Waals surface area contributed by atoms with Crippen LogP contribution in [0.3, 0.4) is 0 Å². The molecule has 1 amide bonds. The minimum absolute atomic E-state index is 0.0616. The molecule has 0 aromatic carbocycles. The first-order valence-corrected chi connectivity index (χ1v) is 8.72. The van der Waals surface area contributed by atoms with E-state index in [9.17, 15) is 4.79 Å². The molecule has 0 spiro atoms. The number of likely N-dealkylation sites (tertiary alicyclic amines) is 1. The van der Waals surface area contributed by atoms with Gasteiger partial charge in [-0.25, -0.2) is 0 Å². The number of aryl methyl sites for hydroxylation is 1. The molecule has 3 heterocycles. The molecule has 3 rings (SSSR count). The normalized spacial score (nSPS) is 30.5. The Labute approximate surface area is 143 Å². The number of methoxy groups -OCH3 is 1. The third kappa shape index (κ3) is 3.63. The monoisotopic (exact) mass is 336 g/mol. The van der Waals surface area contributed by atoms with Crippen LogP contribution in [0.5, 0.6) is 0 Å². The Morgan fingerprint density at radius 1 is 1.50 bits per heavy atom. The van der Waals surface area contributed by atoms with Crippen molar-refractivity contribution in [1.82, 2.24) is 20.0 Å². The summed E-state index contributed by atoms with van der Waals surface area (Å²) in [7, 11) is 3.57. The Hall–Kier alpha value is -1.44. The van der Waals surface area contributed by atoms with Gasteiger partial charge in [0.2, 0.25) is 5.91 Å². The molecular weight excluding hydrogens is 308 g/mol. The molecule has 0 bridgehead atoms. The fourth-order valence-corrected chi connectivity index (χ4v) is 3.85. The number of rotatable bonds is 7. The lowest BCUT2D eigenvalue weighted by Crippen LogP contribution is -2.39. The second-order valence-corrected chi connectivity index (χ2v) is 6.82. The molecule has 1 aromatic heterocycles. The lowest BCUT2D eigenvalue weighted by Gasteiger charge is -2.28. The highest BCUT2D eigenvalue weighted by Gasteiger charge is 2.41. The van der Waals surface area contributed by atoms with Crippen molar-refractivity contribution in [3.8, 4) is 0 Å². The standard InChI is InChI=1S/C17H28N4O3/c1-12-15(4-6-24-12)18-9-13-8-16(22)21(5-7-23-3)17(13)14-10-19-20(2)11-14/h10-13,15,17-18H,4-9H2,1-3H3/t12-,13-,15+,17+/m0/s1. The molecule has 4 atom stereocenters. The maximum absolute atomic E-state index is 12.5. The van der Waals surface area contributed by atoms with Crippen LogP contribution in [0, 0.1) is 5.92 Å². The first-order chi connectivity index (χ1) is 11.6. The van der Waals surface area contributed by atoms with Gasteiger partial charge in [-0.2, -0.15) is 5.10 Å². The van der Waals surface area contributed by atoms with Crippen LogP contribution in [0.2, 0.25) is 0 Å². The molecule has 2 aliphatic heterocycles. The zero-order valence-electron chi connectivity index (χ0n) is 14.8. The lowest BCUT2D eigenvalue weighted by atomic mass is 9.95. The van der Waals surface area contributed by atoms with Gasteiger partial charge in [0.1, 0.15) is 0 Å². The third-order valence-corrected chi connectivity index (χ3v) is 5.16. The highest BCUT2D eigenvalue weighted by atomic mass is 16.5. The smallest absolute Gasteiger partial charge is 0.223 e. The van der Waals surface area contributed by atoms with E-state index >= 15 is 0 Å². The summed E-state index contributed by atoms with van der Waals surface area (Å²) in [6, 6.07) is 0.439. The van der Waals surface area contributed by atoms with Gasteiger partial charge in [0.05, 0.1) is 24.9 Å². The molecule has 7 nitrogen and oxygen atoms in total. The number of carbonyl (C=O) groups excluding carboxylic acids is 1. The van der Waals surface area contributed by atoms with E-state index in [1.54, 1.807) is 11.8 Å². The van der Waals surface area contributed by atoms with Crippen LogP contribution >= 0.6 is 0 Å². The first-order valence-electron chi connectivity index (χ1n) is 8.72. The van der Waals surface area contributed by atoms with Crippen molar-refractivity contribution < 1.29 is 14.3 Å². The fourth-order valence-electron chi connectivity index (χ4n) is 3.85. The minimum Gasteiger partial charge on any atom is -0.383 e. The molecule has 2 saturated heterocycles. The van der Waals surface area contributed by atoms with E-state index in [0.29, 0.717) is 25.6 Å². The molecule has 1 N–H and O–H groups in total. The molecule has 7 heteroatoms. The largest absolute Gasteiger partial charge is 0.383 e. The van der Waals surface area contributed by atoms with Crippen molar-refractivity contribution in [2.75, 3.05) is 33.4 Å². The highest BCUT2D eigenvalue weighted by molar-refractivity contribution is 5.79. The first kappa shape index (κ1) is 17.4. The number of hydrogen-bond acceptors (Lipinski definition) is 5. The van der Waals surface area contributed by atoms with E-state index in [0.717, 1.165) is 25.1 Å². The molecule has 134 valence electrons. The summed E-state index contributed by atoms with van der Waals surface area (Å²) < 4.78 is 12.6. The predicted molar refractivity (Wildman–Crippen MR) is 89.5 cm³/mol. The number of nitrogens with zero attached hydrogens (tertiary/aromatic N) is 3. The Morgan fingerprint density at radius 3 is 2.96 bits per heavy atom. The Kier molecular flexibility index (Phi) is 5.53. The van der Waals surface area contributed by atoms with E-state index in [4.69, 9.17) is 9.47 Å². The maximum Gasteiger partial charge on any atom is 0.223 e. The second-order valence-electron chi connectivity index (χ2n) is 6.82. The van der Waals surface area contributed by atoms with Crippen molar-refractivity contribution in [2.24, 2.45) is 13.0 Å². The number of nitrogens with one attached hydrogen (secondary N) is 1. The van der Waals surface area contributed by atoms with E-state index in [2.05, 4.69) is 17.3 Å². The Bertz CT molecular complexity index is 562. The topological polar surface area (TPSA) is 68.6 Å². The van der Waals surface area contributed by atoms with Gasteiger partial charge in [-0.05, 0) is 13.3 Å². The van der Waals surface area contributed by atoms with Gasteiger partial charge >= 0.3 is 0 Å². The molecule has 2 aliphatic rings. The third-order valence-electron chi connectivity index (χ3n) is 5.16. The van der Waals surface area contributed by atoms with Crippen molar-refractivity contribution in [1.29, 1.82) is 0 Å². The summed E-state index contributed by atoms with van der Waals surface area (Å²) in [6.45, 7) is 4.90. The quantitative estimate of drug-likeness (QED) is 0.795. The van der Waals surface area contributed by atoms with E-state index in [-0.39, 0.29) is 24.0 Å². The molecular formula is C17H28N4O3. The fraction of sp³-hybridized carbons (Fsp3) is 0.765. The summed E-state index contributed by atoms with van der Waals surface area (Å²) in [5, 5.41) is 7.91. The van der Waals surface area contributed by atoms with Crippen LogP contribution in [0.4, 0.5) is 0 Å². The second kappa shape index (κ2) is 7.63. The van der Waals surface area contributed by atoms with Gasteiger partial charge in [-0.15, -0.1) is 0 Å². The van der Waals surface area contributed by atoms with Gasteiger partial charge in [-0.3, -0.25) is 9.48 Å². The van der Waals surface area contributed by atoms with Gasteiger partial charge < -0.3 is 19.7 Å². The number of amides is 1. The number of hydrogen-bond donors (Lipinski definition) is 1. The van der Waals surface area contributed by atoms with Gasteiger partial charge in [0, 0.05) is 64.0 Å². The SMILES string of the molecule is COCCN1C(=O)C[C@@H](CN[C@@H]2CCO[C@H]2C)[C@@H]1c1cnn(C)c1. The van der Waals surface area contributed by atoms with Crippen molar-refractivity contribution in [3.05, 3.63) is 18.0 Å². The van der Waals surface area contributed by atoms with Crippen LogP contribution in [0.1, 0.15) is 31.4 Å². The van der Waals surface area contributed by atoms with Gasteiger partial charge in [0.15, 0.2) is 0 Å². The van der Waals surface area contributed by atoms with Crippen LogP contribution in [-0.2, 0) is 21.3 Å². The van der Waals surface area contributed by atoms with Crippen molar-refractivity contribution in [2.45, 2.75) is 38.0 Å². The molecule has 0 aliphatic carbocycles. The summed E-state index contributed by atoms with van der Waals surface area (Å²) in [4.78, 5) is 14.5. The summed E-state index contributed by atoms with van der Waals surface area (Å²) in [6.07, 6.45) is 5.73. The molecule has 24 heavy (non-hydrogen) atoms.